The Morgan fingerprint density at radius 2 is 1.52 bits per heavy atom. The third kappa shape index (κ3) is 4.77. The van der Waals surface area contributed by atoms with Crippen LogP contribution in [0.1, 0.15) is 26.3 Å². The lowest BCUT2D eigenvalue weighted by Crippen LogP contribution is -1.99. The summed E-state index contributed by atoms with van der Waals surface area (Å²) in [5.74, 6) is -2.52. The molecule has 3 N–H and O–H groups in total. The van der Waals surface area contributed by atoms with Crippen LogP contribution in [0, 0.1) is 5.82 Å². The van der Waals surface area contributed by atoms with E-state index < -0.39 is 17.8 Å². The van der Waals surface area contributed by atoms with Gasteiger partial charge in [-0.2, -0.15) is 10.2 Å². The van der Waals surface area contributed by atoms with Crippen molar-refractivity contribution in [2.75, 3.05) is 5.43 Å². The molecule has 0 atom stereocenters. The first-order valence-corrected chi connectivity index (χ1v) is 9.73. The minimum Gasteiger partial charge on any atom is -0.478 e. The number of hydrogen-bond donors (Lipinski definition) is 3. The van der Waals surface area contributed by atoms with Crippen molar-refractivity contribution < 1.29 is 24.2 Å². The molecule has 0 aliphatic carbocycles. The van der Waals surface area contributed by atoms with Gasteiger partial charge in [-0.05, 0) is 48.5 Å². The molecular weight excluding hydrogens is 427 g/mol. The molecule has 0 fully saturated rings. The first-order valence-electron chi connectivity index (χ1n) is 9.73. The van der Waals surface area contributed by atoms with E-state index in [-0.39, 0.29) is 16.8 Å². The van der Waals surface area contributed by atoms with Crippen LogP contribution >= 0.6 is 0 Å². The van der Waals surface area contributed by atoms with Crippen molar-refractivity contribution >= 4 is 23.8 Å². The molecule has 0 unspecified atom stereocenters. The Kier molecular flexibility index (Phi) is 5.94. The number of benzene rings is 3. The Labute approximate surface area is 187 Å². The standard InChI is InChI=1S/C24H17FN4O4/c25-20-3-1-2-4-21(20)27-26-13-18-14-29(19-11-9-17(10-12-19)24(32)33)28-22(18)15-5-7-16(8-6-15)23(30)31/h1-14,27H,(H,30,31)(H,32,33)/b26-13+. The molecule has 4 rings (SSSR count). The fraction of sp³-hybridized carbons (Fsp3) is 0. The lowest BCUT2D eigenvalue weighted by atomic mass is 10.1. The highest BCUT2D eigenvalue weighted by atomic mass is 19.1. The number of nitrogens with one attached hydrogen (secondary N) is 1. The summed E-state index contributed by atoms with van der Waals surface area (Å²) in [6, 6.07) is 18.5. The number of hydrazone groups is 1. The Hall–Kier alpha value is -4.79. The number of aromatic nitrogens is 2. The molecule has 0 radical (unpaired) electrons. The number of rotatable bonds is 7. The highest BCUT2D eigenvalue weighted by molar-refractivity contribution is 5.91. The van der Waals surface area contributed by atoms with Gasteiger partial charge in [-0.3, -0.25) is 5.43 Å². The zero-order valence-corrected chi connectivity index (χ0v) is 17.0. The van der Waals surface area contributed by atoms with E-state index in [1.165, 1.54) is 36.5 Å². The SMILES string of the molecule is O=C(O)c1ccc(-c2nn(-c3ccc(C(=O)O)cc3)cc2/C=N/Nc2ccccc2F)cc1. The molecule has 164 valence electrons. The Morgan fingerprint density at radius 1 is 0.909 bits per heavy atom. The predicted molar refractivity (Wildman–Crippen MR) is 121 cm³/mol. The zero-order valence-electron chi connectivity index (χ0n) is 17.0. The lowest BCUT2D eigenvalue weighted by Gasteiger charge is -2.02. The molecule has 0 amide bonds. The number of carbonyl (C=O) groups is 2. The van der Waals surface area contributed by atoms with Crippen LogP contribution < -0.4 is 5.43 Å². The minimum atomic E-state index is -1.04. The van der Waals surface area contributed by atoms with Crippen LogP contribution in [0.3, 0.4) is 0 Å². The van der Waals surface area contributed by atoms with Gasteiger partial charge in [0, 0.05) is 17.3 Å². The third-order valence-electron chi connectivity index (χ3n) is 4.79. The number of nitrogens with zero attached hydrogens (tertiary/aromatic N) is 3. The largest absolute Gasteiger partial charge is 0.478 e. The van der Waals surface area contributed by atoms with Crippen molar-refractivity contribution in [2.45, 2.75) is 0 Å². The van der Waals surface area contributed by atoms with E-state index in [1.54, 1.807) is 53.3 Å². The van der Waals surface area contributed by atoms with Crippen molar-refractivity contribution in [1.82, 2.24) is 9.78 Å². The second kappa shape index (κ2) is 9.15. The number of para-hydroxylation sites is 1. The van der Waals surface area contributed by atoms with Crippen molar-refractivity contribution in [2.24, 2.45) is 5.10 Å². The summed E-state index contributed by atoms with van der Waals surface area (Å²) in [4.78, 5) is 22.3. The lowest BCUT2D eigenvalue weighted by molar-refractivity contribution is 0.0686. The third-order valence-corrected chi connectivity index (χ3v) is 4.79. The number of halogens is 1. The van der Waals surface area contributed by atoms with Gasteiger partial charge < -0.3 is 10.2 Å². The van der Waals surface area contributed by atoms with Crippen molar-refractivity contribution in [3.63, 3.8) is 0 Å². The Balaban J connectivity index is 1.71. The molecule has 0 aliphatic rings. The minimum absolute atomic E-state index is 0.138. The molecule has 33 heavy (non-hydrogen) atoms. The smallest absolute Gasteiger partial charge is 0.335 e. The molecule has 8 nitrogen and oxygen atoms in total. The molecule has 0 saturated heterocycles. The average Bonchev–Trinajstić information content (AvgIpc) is 3.24. The fourth-order valence-electron chi connectivity index (χ4n) is 3.09. The molecule has 0 saturated carbocycles. The van der Waals surface area contributed by atoms with E-state index in [1.807, 2.05) is 0 Å². The normalized spacial score (nSPS) is 10.9. The van der Waals surface area contributed by atoms with Crippen molar-refractivity contribution in [3.05, 3.63) is 102 Å². The van der Waals surface area contributed by atoms with Gasteiger partial charge >= 0.3 is 11.9 Å². The quantitative estimate of drug-likeness (QED) is 0.285. The first kappa shape index (κ1) is 21.4. The van der Waals surface area contributed by atoms with Gasteiger partial charge in [0.15, 0.2) is 0 Å². The van der Waals surface area contributed by atoms with Crippen LogP contribution in [0.2, 0.25) is 0 Å². The summed E-state index contributed by atoms with van der Waals surface area (Å²) >= 11 is 0. The van der Waals surface area contributed by atoms with Crippen LogP contribution in [0.25, 0.3) is 16.9 Å². The maximum atomic E-state index is 13.8. The second-order valence-electron chi connectivity index (χ2n) is 6.96. The summed E-state index contributed by atoms with van der Waals surface area (Å²) in [6.45, 7) is 0. The summed E-state index contributed by atoms with van der Waals surface area (Å²) in [6.07, 6.45) is 3.16. The van der Waals surface area contributed by atoms with Crippen LogP contribution in [0.4, 0.5) is 10.1 Å². The van der Waals surface area contributed by atoms with E-state index in [9.17, 15) is 14.0 Å². The van der Waals surface area contributed by atoms with E-state index in [0.29, 0.717) is 22.5 Å². The van der Waals surface area contributed by atoms with Crippen LogP contribution in [0.15, 0.2) is 84.1 Å². The Morgan fingerprint density at radius 3 is 2.12 bits per heavy atom. The number of aromatic carboxylic acids is 2. The molecule has 3 aromatic carbocycles. The molecule has 1 aromatic heterocycles. The molecule has 1 heterocycles. The fourth-order valence-corrected chi connectivity index (χ4v) is 3.09. The highest BCUT2D eigenvalue weighted by Gasteiger charge is 2.13. The molecule has 4 aromatic rings. The summed E-state index contributed by atoms with van der Waals surface area (Å²) in [5, 5.41) is 26.9. The number of carboxylic acid groups (broad SMARTS) is 2. The van der Waals surface area contributed by atoms with Crippen LogP contribution in [-0.2, 0) is 0 Å². The first-order chi connectivity index (χ1) is 15.9. The van der Waals surface area contributed by atoms with Gasteiger partial charge in [0.1, 0.15) is 11.5 Å². The summed E-state index contributed by atoms with van der Waals surface area (Å²) in [5.41, 5.74) is 5.48. The van der Waals surface area contributed by atoms with Gasteiger partial charge in [0.2, 0.25) is 0 Å². The average molecular weight is 444 g/mol. The van der Waals surface area contributed by atoms with E-state index >= 15 is 0 Å². The Bertz CT molecular complexity index is 1350. The second-order valence-corrected chi connectivity index (χ2v) is 6.96. The van der Waals surface area contributed by atoms with Crippen molar-refractivity contribution in [1.29, 1.82) is 0 Å². The zero-order chi connectivity index (χ0) is 23.4. The predicted octanol–water partition coefficient (Wildman–Crippen LogP) is 4.52. The topological polar surface area (TPSA) is 117 Å². The molecule has 9 heteroatoms. The summed E-state index contributed by atoms with van der Waals surface area (Å²) < 4.78 is 15.4. The molecule has 0 aliphatic heterocycles. The molecule has 0 spiro atoms. The van der Waals surface area contributed by atoms with Gasteiger partial charge in [0.05, 0.1) is 28.7 Å². The van der Waals surface area contributed by atoms with Gasteiger partial charge in [0.25, 0.3) is 0 Å². The van der Waals surface area contributed by atoms with Gasteiger partial charge in [-0.25, -0.2) is 18.7 Å². The van der Waals surface area contributed by atoms with Gasteiger partial charge in [-0.15, -0.1) is 0 Å². The number of anilines is 1. The maximum absolute atomic E-state index is 13.8. The molecule has 0 bridgehead atoms. The molecular formula is C24H17FN4O4. The number of carboxylic acids is 2. The van der Waals surface area contributed by atoms with Crippen molar-refractivity contribution in [3.8, 4) is 16.9 Å². The maximum Gasteiger partial charge on any atom is 0.335 e. The highest BCUT2D eigenvalue weighted by Crippen LogP contribution is 2.24. The monoisotopic (exact) mass is 444 g/mol. The van der Waals surface area contributed by atoms with Gasteiger partial charge in [-0.1, -0.05) is 24.3 Å². The van der Waals surface area contributed by atoms with Crippen LogP contribution in [-0.4, -0.2) is 38.1 Å². The van der Waals surface area contributed by atoms with E-state index in [0.717, 1.165) is 0 Å². The van der Waals surface area contributed by atoms with E-state index in [4.69, 9.17) is 10.2 Å². The van der Waals surface area contributed by atoms with Crippen LogP contribution in [0.5, 0.6) is 0 Å². The summed E-state index contributed by atoms with van der Waals surface area (Å²) in [7, 11) is 0. The van der Waals surface area contributed by atoms with E-state index in [2.05, 4.69) is 15.6 Å². The number of hydrogen-bond acceptors (Lipinski definition) is 5.